The van der Waals surface area contributed by atoms with Gasteiger partial charge in [-0.2, -0.15) is 0 Å². The molecule has 0 atom stereocenters. The molecule has 2 N–H and O–H groups in total. The van der Waals surface area contributed by atoms with Crippen LogP contribution in [-0.2, 0) is 0 Å². The molecule has 2 aromatic carbocycles. The SMILES string of the molecule is CCNc1c(F)cc(C(=O)Nc2ccc(I)cc2)cc1F. The average molecular weight is 402 g/mol. The number of carbonyl (C=O) groups is 1. The first-order valence-corrected chi connectivity index (χ1v) is 7.39. The van der Waals surface area contributed by atoms with Gasteiger partial charge in [0.1, 0.15) is 17.3 Å². The van der Waals surface area contributed by atoms with Gasteiger partial charge in [-0.1, -0.05) is 0 Å². The van der Waals surface area contributed by atoms with Crippen molar-refractivity contribution in [2.24, 2.45) is 0 Å². The lowest BCUT2D eigenvalue weighted by atomic mass is 10.1. The van der Waals surface area contributed by atoms with Crippen LogP contribution in [-0.4, -0.2) is 12.5 Å². The molecular weight excluding hydrogens is 389 g/mol. The number of carbonyl (C=O) groups excluding carboxylic acids is 1. The Kier molecular flexibility index (Phi) is 5.11. The van der Waals surface area contributed by atoms with Gasteiger partial charge in [-0.3, -0.25) is 4.79 Å². The summed E-state index contributed by atoms with van der Waals surface area (Å²) in [4.78, 5) is 12.0. The van der Waals surface area contributed by atoms with E-state index in [0.717, 1.165) is 15.7 Å². The van der Waals surface area contributed by atoms with E-state index in [-0.39, 0.29) is 11.3 Å². The van der Waals surface area contributed by atoms with Crippen molar-refractivity contribution in [3.05, 3.63) is 57.2 Å². The molecule has 0 bridgehead atoms. The first-order valence-electron chi connectivity index (χ1n) is 6.31. The summed E-state index contributed by atoms with van der Waals surface area (Å²) in [7, 11) is 0. The number of halogens is 3. The van der Waals surface area contributed by atoms with E-state index in [1.54, 1.807) is 19.1 Å². The molecule has 6 heteroatoms. The standard InChI is InChI=1S/C15H13F2IN2O/c1-2-19-14-12(16)7-9(8-13(14)17)15(21)20-11-5-3-10(18)4-6-11/h3-8,19H,2H2,1H3,(H,20,21). The first-order chi connectivity index (χ1) is 10.0. The van der Waals surface area contributed by atoms with Gasteiger partial charge in [-0.15, -0.1) is 0 Å². The fourth-order valence-electron chi connectivity index (χ4n) is 1.79. The van der Waals surface area contributed by atoms with E-state index in [0.29, 0.717) is 12.2 Å². The number of benzene rings is 2. The molecule has 0 fully saturated rings. The molecule has 21 heavy (non-hydrogen) atoms. The second-order valence-electron chi connectivity index (χ2n) is 4.31. The minimum absolute atomic E-state index is 0.0646. The summed E-state index contributed by atoms with van der Waals surface area (Å²) in [5.41, 5.74) is 0.283. The molecule has 0 saturated heterocycles. The Morgan fingerprint density at radius 1 is 1.14 bits per heavy atom. The van der Waals surface area contributed by atoms with Crippen molar-refractivity contribution in [1.82, 2.24) is 0 Å². The fraction of sp³-hybridized carbons (Fsp3) is 0.133. The second kappa shape index (κ2) is 6.84. The maximum Gasteiger partial charge on any atom is 0.255 e. The molecule has 110 valence electrons. The lowest BCUT2D eigenvalue weighted by molar-refractivity contribution is 0.102. The van der Waals surface area contributed by atoms with Gasteiger partial charge >= 0.3 is 0 Å². The van der Waals surface area contributed by atoms with Crippen LogP contribution in [0.2, 0.25) is 0 Å². The molecule has 0 aliphatic carbocycles. The molecule has 2 rings (SSSR count). The highest BCUT2D eigenvalue weighted by atomic mass is 127. The number of hydrogen-bond donors (Lipinski definition) is 2. The van der Waals surface area contributed by atoms with E-state index in [1.807, 2.05) is 12.1 Å². The molecule has 0 saturated carbocycles. The zero-order valence-electron chi connectivity index (χ0n) is 11.2. The highest BCUT2D eigenvalue weighted by Gasteiger charge is 2.14. The Bertz CT molecular complexity index is 636. The predicted molar refractivity (Wildman–Crippen MR) is 87.6 cm³/mol. The summed E-state index contributed by atoms with van der Waals surface area (Å²) < 4.78 is 28.6. The van der Waals surface area contributed by atoms with Gasteiger partial charge in [-0.25, -0.2) is 8.78 Å². The third kappa shape index (κ3) is 3.90. The highest BCUT2D eigenvalue weighted by molar-refractivity contribution is 14.1. The predicted octanol–water partition coefficient (Wildman–Crippen LogP) is 4.25. The van der Waals surface area contributed by atoms with Crippen molar-refractivity contribution >= 4 is 39.9 Å². The number of rotatable bonds is 4. The van der Waals surface area contributed by atoms with E-state index in [9.17, 15) is 13.6 Å². The molecule has 0 aliphatic heterocycles. The van der Waals surface area contributed by atoms with Gasteiger partial charge in [0.2, 0.25) is 0 Å². The number of anilines is 2. The van der Waals surface area contributed by atoms with Crippen molar-refractivity contribution in [1.29, 1.82) is 0 Å². The Morgan fingerprint density at radius 2 is 1.71 bits per heavy atom. The molecule has 0 aromatic heterocycles. The van der Waals surface area contributed by atoms with Gasteiger partial charge in [0.25, 0.3) is 5.91 Å². The van der Waals surface area contributed by atoms with Gasteiger partial charge < -0.3 is 10.6 Å². The fourth-order valence-corrected chi connectivity index (χ4v) is 2.15. The van der Waals surface area contributed by atoms with Crippen LogP contribution in [0.5, 0.6) is 0 Å². The monoisotopic (exact) mass is 402 g/mol. The Hall–Kier alpha value is -1.70. The van der Waals surface area contributed by atoms with Crippen LogP contribution in [0.3, 0.4) is 0 Å². The summed E-state index contributed by atoms with van der Waals surface area (Å²) in [5, 5.41) is 5.18. The van der Waals surface area contributed by atoms with Crippen molar-refractivity contribution < 1.29 is 13.6 Å². The van der Waals surface area contributed by atoms with E-state index in [2.05, 4.69) is 33.2 Å². The summed E-state index contributed by atoms with van der Waals surface area (Å²) in [6, 6.07) is 9.13. The summed E-state index contributed by atoms with van der Waals surface area (Å²) in [6.07, 6.45) is 0. The van der Waals surface area contributed by atoms with E-state index in [4.69, 9.17) is 0 Å². The minimum atomic E-state index is -0.787. The Balaban J connectivity index is 2.21. The molecule has 1 amide bonds. The van der Waals surface area contributed by atoms with Crippen molar-refractivity contribution in [2.75, 3.05) is 17.2 Å². The van der Waals surface area contributed by atoms with E-state index < -0.39 is 17.5 Å². The second-order valence-corrected chi connectivity index (χ2v) is 5.55. The molecule has 0 spiro atoms. The van der Waals surface area contributed by atoms with E-state index >= 15 is 0 Å². The third-order valence-corrected chi connectivity index (χ3v) is 3.48. The summed E-state index contributed by atoms with van der Waals surface area (Å²) in [5.74, 6) is -2.13. The molecule has 0 aliphatic rings. The topological polar surface area (TPSA) is 41.1 Å². The van der Waals surface area contributed by atoms with Gasteiger partial charge in [-0.05, 0) is 65.9 Å². The van der Waals surface area contributed by atoms with Gasteiger partial charge in [0.05, 0.1) is 0 Å². The minimum Gasteiger partial charge on any atom is -0.381 e. The Labute approximate surface area is 134 Å². The lowest BCUT2D eigenvalue weighted by Crippen LogP contribution is -2.13. The molecular formula is C15H13F2IN2O. The van der Waals surface area contributed by atoms with Crippen molar-refractivity contribution in [3.8, 4) is 0 Å². The molecule has 2 aromatic rings. The third-order valence-electron chi connectivity index (χ3n) is 2.76. The molecule has 0 heterocycles. The average Bonchev–Trinajstić information content (AvgIpc) is 2.45. The molecule has 3 nitrogen and oxygen atoms in total. The smallest absolute Gasteiger partial charge is 0.255 e. The zero-order chi connectivity index (χ0) is 15.4. The van der Waals surface area contributed by atoms with Crippen LogP contribution in [0.1, 0.15) is 17.3 Å². The Morgan fingerprint density at radius 3 is 2.24 bits per heavy atom. The van der Waals surface area contributed by atoms with Crippen LogP contribution in [0.15, 0.2) is 36.4 Å². The first kappa shape index (κ1) is 15.7. The summed E-state index contributed by atoms with van der Waals surface area (Å²) >= 11 is 2.14. The molecule has 0 unspecified atom stereocenters. The number of amides is 1. The van der Waals surface area contributed by atoms with Crippen LogP contribution in [0.4, 0.5) is 20.2 Å². The van der Waals surface area contributed by atoms with E-state index in [1.165, 1.54) is 0 Å². The normalized spacial score (nSPS) is 10.3. The summed E-state index contributed by atoms with van der Waals surface area (Å²) in [6.45, 7) is 2.12. The maximum absolute atomic E-state index is 13.8. The maximum atomic E-state index is 13.8. The quantitative estimate of drug-likeness (QED) is 0.751. The van der Waals surface area contributed by atoms with Gasteiger partial charge in [0, 0.05) is 21.4 Å². The van der Waals surface area contributed by atoms with Gasteiger partial charge in [0.15, 0.2) is 0 Å². The van der Waals surface area contributed by atoms with Crippen LogP contribution >= 0.6 is 22.6 Å². The lowest BCUT2D eigenvalue weighted by Gasteiger charge is -2.10. The zero-order valence-corrected chi connectivity index (χ0v) is 13.4. The molecule has 0 radical (unpaired) electrons. The van der Waals surface area contributed by atoms with Crippen molar-refractivity contribution in [3.63, 3.8) is 0 Å². The number of nitrogens with one attached hydrogen (secondary N) is 2. The van der Waals surface area contributed by atoms with Crippen LogP contribution in [0, 0.1) is 15.2 Å². The van der Waals surface area contributed by atoms with Crippen LogP contribution in [0.25, 0.3) is 0 Å². The number of hydrogen-bond acceptors (Lipinski definition) is 2. The van der Waals surface area contributed by atoms with Crippen molar-refractivity contribution in [2.45, 2.75) is 6.92 Å². The van der Waals surface area contributed by atoms with Crippen LogP contribution < -0.4 is 10.6 Å². The highest BCUT2D eigenvalue weighted by Crippen LogP contribution is 2.21. The largest absolute Gasteiger partial charge is 0.381 e.